The summed E-state index contributed by atoms with van der Waals surface area (Å²) >= 11 is 6.00. The van der Waals surface area contributed by atoms with Crippen LogP contribution in [-0.2, 0) is 0 Å². The van der Waals surface area contributed by atoms with Crippen molar-refractivity contribution >= 4 is 11.6 Å². The van der Waals surface area contributed by atoms with Gasteiger partial charge in [0.05, 0.1) is 5.69 Å². The van der Waals surface area contributed by atoms with E-state index >= 15 is 0 Å². The fourth-order valence-corrected chi connectivity index (χ4v) is 2.05. The highest BCUT2D eigenvalue weighted by Gasteiger charge is 2.27. The van der Waals surface area contributed by atoms with Crippen LogP contribution in [0.4, 0.5) is 4.39 Å². The van der Waals surface area contributed by atoms with Gasteiger partial charge < -0.3 is 0 Å². The van der Waals surface area contributed by atoms with Crippen LogP contribution in [0.1, 0.15) is 30.1 Å². The zero-order valence-corrected chi connectivity index (χ0v) is 10.7. The van der Waals surface area contributed by atoms with Crippen molar-refractivity contribution in [2.45, 2.75) is 25.7 Å². The SMILES string of the molecule is Cc1ccc(-c2cc(Cl)nc(C3CC3)n2)cc1F. The maximum atomic E-state index is 13.6. The van der Waals surface area contributed by atoms with Crippen LogP contribution in [0.25, 0.3) is 11.3 Å². The van der Waals surface area contributed by atoms with E-state index in [0.29, 0.717) is 22.3 Å². The lowest BCUT2D eigenvalue weighted by Crippen LogP contribution is -1.96. The van der Waals surface area contributed by atoms with Crippen LogP contribution in [0.3, 0.4) is 0 Å². The normalized spacial score (nSPS) is 14.8. The zero-order valence-electron chi connectivity index (χ0n) is 9.95. The second kappa shape index (κ2) is 4.32. The van der Waals surface area contributed by atoms with E-state index in [1.165, 1.54) is 6.07 Å². The number of hydrogen-bond donors (Lipinski definition) is 0. The summed E-state index contributed by atoms with van der Waals surface area (Å²) < 4.78 is 13.6. The van der Waals surface area contributed by atoms with E-state index in [4.69, 9.17) is 11.6 Å². The standard InChI is InChI=1S/C14H12ClFN2/c1-8-2-3-10(6-11(8)16)12-7-13(15)18-14(17-12)9-4-5-9/h2-3,6-7,9H,4-5H2,1H3. The lowest BCUT2D eigenvalue weighted by molar-refractivity contribution is 0.619. The van der Waals surface area contributed by atoms with Crippen molar-refractivity contribution in [2.75, 3.05) is 0 Å². The van der Waals surface area contributed by atoms with Crippen LogP contribution in [0.2, 0.25) is 5.15 Å². The average molecular weight is 263 g/mol. The highest BCUT2D eigenvalue weighted by molar-refractivity contribution is 6.29. The largest absolute Gasteiger partial charge is 0.232 e. The first-order valence-corrected chi connectivity index (χ1v) is 6.32. The Hall–Kier alpha value is -1.48. The Labute approximate surface area is 110 Å². The van der Waals surface area contributed by atoms with Crippen LogP contribution >= 0.6 is 11.6 Å². The van der Waals surface area contributed by atoms with Crippen LogP contribution in [-0.4, -0.2) is 9.97 Å². The smallest absolute Gasteiger partial charge is 0.133 e. The fourth-order valence-electron chi connectivity index (χ4n) is 1.86. The lowest BCUT2D eigenvalue weighted by atomic mass is 10.1. The van der Waals surface area contributed by atoms with E-state index in [1.54, 1.807) is 19.1 Å². The van der Waals surface area contributed by atoms with E-state index in [1.807, 2.05) is 6.07 Å². The first-order chi connectivity index (χ1) is 8.63. The number of halogens is 2. The Balaban J connectivity index is 2.07. The highest BCUT2D eigenvalue weighted by Crippen LogP contribution is 2.39. The van der Waals surface area contributed by atoms with Crippen LogP contribution in [0.5, 0.6) is 0 Å². The molecule has 0 radical (unpaired) electrons. The van der Waals surface area contributed by atoms with Crippen molar-refractivity contribution in [3.63, 3.8) is 0 Å². The Kier molecular flexibility index (Phi) is 2.78. The molecule has 1 aromatic heterocycles. The Morgan fingerprint density at radius 2 is 2.00 bits per heavy atom. The third kappa shape index (κ3) is 2.23. The molecule has 1 fully saturated rings. The molecule has 0 aliphatic heterocycles. The molecule has 2 aromatic rings. The minimum absolute atomic E-state index is 0.227. The summed E-state index contributed by atoms with van der Waals surface area (Å²) in [5.74, 6) is 0.978. The minimum atomic E-state index is -0.227. The molecule has 4 heteroatoms. The predicted octanol–water partition coefficient (Wildman–Crippen LogP) is 4.12. The molecule has 2 nitrogen and oxygen atoms in total. The molecule has 0 amide bonds. The summed E-state index contributed by atoms with van der Waals surface area (Å²) in [5, 5.41) is 0.419. The van der Waals surface area contributed by atoms with Gasteiger partial charge in [-0.2, -0.15) is 0 Å². The van der Waals surface area contributed by atoms with Gasteiger partial charge in [-0.05, 0) is 31.4 Å². The molecule has 1 heterocycles. The number of nitrogens with zero attached hydrogens (tertiary/aromatic N) is 2. The molecule has 18 heavy (non-hydrogen) atoms. The molecule has 0 spiro atoms. The van der Waals surface area contributed by atoms with Crippen molar-refractivity contribution in [1.82, 2.24) is 9.97 Å². The third-order valence-corrected chi connectivity index (χ3v) is 3.32. The maximum Gasteiger partial charge on any atom is 0.133 e. The van der Waals surface area contributed by atoms with Gasteiger partial charge in [0, 0.05) is 17.5 Å². The van der Waals surface area contributed by atoms with Crippen molar-refractivity contribution in [2.24, 2.45) is 0 Å². The van der Waals surface area contributed by atoms with E-state index < -0.39 is 0 Å². The first kappa shape index (κ1) is 11.6. The van der Waals surface area contributed by atoms with Crippen LogP contribution in [0.15, 0.2) is 24.3 Å². The van der Waals surface area contributed by atoms with Gasteiger partial charge in [0.25, 0.3) is 0 Å². The second-order valence-corrected chi connectivity index (χ2v) is 5.06. The van der Waals surface area contributed by atoms with Gasteiger partial charge in [-0.1, -0.05) is 23.7 Å². The number of benzene rings is 1. The maximum absolute atomic E-state index is 13.6. The summed E-state index contributed by atoms with van der Waals surface area (Å²) in [7, 11) is 0. The van der Waals surface area contributed by atoms with Gasteiger partial charge >= 0.3 is 0 Å². The highest BCUT2D eigenvalue weighted by atomic mass is 35.5. The Morgan fingerprint density at radius 1 is 1.22 bits per heavy atom. The lowest BCUT2D eigenvalue weighted by Gasteiger charge is -2.05. The number of aryl methyl sites for hydroxylation is 1. The monoisotopic (exact) mass is 262 g/mol. The molecule has 1 aliphatic rings. The quantitative estimate of drug-likeness (QED) is 0.761. The molecule has 1 saturated carbocycles. The minimum Gasteiger partial charge on any atom is -0.232 e. The van der Waals surface area contributed by atoms with Gasteiger partial charge in [0.2, 0.25) is 0 Å². The number of aromatic nitrogens is 2. The third-order valence-electron chi connectivity index (χ3n) is 3.12. The summed E-state index contributed by atoms with van der Waals surface area (Å²) in [5.41, 5.74) is 2.06. The molecule has 1 aliphatic carbocycles. The van der Waals surface area contributed by atoms with Crippen molar-refractivity contribution in [1.29, 1.82) is 0 Å². The van der Waals surface area contributed by atoms with Gasteiger partial charge in [0.15, 0.2) is 0 Å². The van der Waals surface area contributed by atoms with Crippen molar-refractivity contribution in [3.05, 3.63) is 46.6 Å². The molecular weight excluding hydrogens is 251 g/mol. The molecular formula is C14H12ClFN2. The zero-order chi connectivity index (χ0) is 12.7. The molecule has 1 aromatic carbocycles. The average Bonchev–Trinajstić information content (AvgIpc) is 3.16. The second-order valence-electron chi connectivity index (χ2n) is 4.67. The van der Waals surface area contributed by atoms with Crippen molar-refractivity contribution < 1.29 is 4.39 Å². The van der Waals surface area contributed by atoms with Gasteiger partial charge in [-0.15, -0.1) is 0 Å². The molecule has 0 unspecified atom stereocenters. The fraction of sp³-hybridized carbons (Fsp3) is 0.286. The van der Waals surface area contributed by atoms with Crippen LogP contribution in [0, 0.1) is 12.7 Å². The van der Waals surface area contributed by atoms with Gasteiger partial charge in [-0.25, -0.2) is 14.4 Å². The summed E-state index contributed by atoms with van der Waals surface area (Å²) in [6.45, 7) is 1.74. The van der Waals surface area contributed by atoms with Crippen LogP contribution < -0.4 is 0 Å². The summed E-state index contributed by atoms with van der Waals surface area (Å²) in [6, 6.07) is 6.77. The van der Waals surface area contributed by atoms with E-state index in [9.17, 15) is 4.39 Å². The van der Waals surface area contributed by atoms with E-state index in [2.05, 4.69) is 9.97 Å². The molecule has 3 rings (SSSR count). The van der Waals surface area contributed by atoms with E-state index in [-0.39, 0.29) is 5.82 Å². The van der Waals surface area contributed by atoms with Crippen molar-refractivity contribution in [3.8, 4) is 11.3 Å². The molecule has 0 atom stereocenters. The summed E-state index contributed by atoms with van der Waals surface area (Å²) in [6.07, 6.45) is 2.23. The molecule has 0 N–H and O–H groups in total. The first-order valence-electron chi connectivity index (χ1n) is 5.94. The number of hydrogen-bond acceptors (Lipinski definition) is 2. The van der Waals surface area contributed by atoms with E-state index in [0.717, 1.165) is 24.2 Å². The van der Waals surface area contributed by atoms with Gasteiger partial charge in [-0.3, -0.25) is 0 Å². The number of rotatable bonds is 2. The molecule has 0 bridgehead atoms. The summed E-state index contributed by atoms with van der Waals surface area (Å²) in [4.78, 5) is 8.70. The Bertz CT molecular complexity index is 609. The Morgan fingerprint density at radius 3 is 2.67 bits per heavy atom. The van der Waals surface area contributed by atoms with Gasteiger partial charge in [0.1, 0.15) is 16.8 Å². The molecule has 0 saturated heterocycles. The molecule has 92 valence electrons. The topological polar surface area (TPSA) is 25.8 Å². The predicted molar refractivity (Wildman–Crippen MR) is 69.1 cm³/mol.